The highest BCUT2D eigenvalue weighted by atomic mass is 32.1. The number of carbonyl (C=O) groups excluding carboxylic acids is 2. The van der Waals surface area contributed by atoms with Crippen LogP contribution < -0.4 is 5.32 Å². The molecule has 1 aromatic carbocycles. The molecule has 1 fully saturated rings. The monoisotopic (exact) mass is 351 g/mol. The van der Waals surface area contributed by atoms with Gasteiger partial charge in [-0.1, -0.05) is 24.3 Å². The highest BCUT2D eigenvalue weighted by Crippen LogP contribution is 2.35. The summed E-state index contributed by atoms with van der Waals surface area (Å²) in [5.74, 6) is -0.131. The van der Waals surface area contributed by atoms with Gasteiger partial charge in [0.1, 0.15) is 5.60 Å². The van der Waals surface area contributed by atoms with Gasteiger partial charge in [-0.05, 0) is 45.6 Å². The van der Waals surface area contributed by atoms with E-state index < -0.39 is 17.8 Å². The van der Waals surface area contributed by atoms with Crippen LogP contribution in [0.25, 0.3) is 0 Å². The quantitative estimate of drug-likeness (QED) is 0.731. The Morgan fingerprint density at radius 3 is 2.50 bits per heavy atom. The van der Waals surface area contributed by atoms with Gasteiger partial charge in [0.05, 0.1) is 6.10 Å². The van der Waals surface area contributed by atoms with Crippen LogP contribution in [0.3, 0.4) is 0 Å². The van der Waals surface area contributed by atoms with Gasteiger partial charge in [-0.15, -0.1) is 12.6 Å². The van der Waals surface area contributed by atoms with E-state index in [0.717, 1.165) is 12.0 Å². The average Bonchev–Trinajstić information content (AvgIpc) is 2.45. The third-order valence-electron chi connectivity index (χ3n) is 4.13. The predicted octanol–water partition coefficient (Wildman–Crippen LogP) is 3.28. The van der Waals surface area contributed by atoms with E-state index in [1.807, 2.05) is 32.9 Å². The third-order valence-corrected chi connectivity index (χ3v) is 4.37. The zero-order chi connectivity index (χ0) is 17.9. The van der Waals surface area contributed by atoms with E-state index in [2.05, 4.69) is 17.9 Å². The van der Waals surface area contributed by atoms with Gasteiger partial charge < -0.3 is 15.2 Å². The molecule has 0 radical (unpaired) electrons. The van der Waals surface area contributed by atoms with E-state index in [1.54, 1.807) is 12.1 Å². The largest absolute Gasteiger partial charge is 0.444 e. The minimum absolute atomic E-state index is 0.131. The number of amides is 1. The summed E-state index contributed by atoms with van der Waals surface area (Å²) in [5, 5.41) is 13.0. The van der Waals surface area contributed by atoms with Crippen LogP contribution in [0, 0.1) is 0 Å². The van der Waals surface area contributed by atoms with Crippen LogP contribution >= 0.6 is 12.6 Å². The molecule has 5 nitrogen and oxygen atoms in total. The van der Waals surface area contributed by atoms with E-state index in [9.17, 15) is 14.7 Å². The lowest BCUT2D eigenvalue weighted by molar-refractivity contribution is 0.0426. The Morgan fingerprint density at radius 1 is 1.25 bits per heavy atom. The molecule has 2 N–H and O–H groups in total. The number of ether oxygens (including phenoxy) is 1. The molecule has 132 valence electrons. The normalized spacial score (nSPS) is 24.3. The van der Waals surface area contributed by atoms with Crippen LogP contribution in [-0.4, -0.2) is 34.1 Å². The van der Waals surface area contributed by atoms with Crippen LogP contribution in [0.15, 0.2) is 24.3 Å². The number of rotatable bonds is 3. The average molecular weight is 351 g/mol. The van der Waals surface area contributed by atoms with Crippen molar-refractivity contribution in [3.8, 4) is 0 Å². The Hall–Kier alpha value is -1.53. The first-order valence-corrected chi connectivity index (χ1v) is 8.62. The fraction of sp³-hybridized carbons (Fsp3) is 0.556. The summed E-state index contributed by atoms with van der Waals surface area (Å²) in [6, 6.07) is 7.09. The topological polar surface area (TPSA) is 75.6 Å². The van der Waals surface area contributed by atoms with Gasteiger partial charge in [0, 0.05) is 17.5 Å². The number of aliphatic hydroxyl groups is 1. The SMILES string of the molecule is CC(C)(C)OC(=O)N[C@H]1CC[C@@H](c2ccccc2C(=O)S)[C@@H](O)C1. The summed E-state index contributed by atoms with van der Waals surface area (Å²) in [5.41, 5.74) is 0.801. The lowest BCUT2D eigenvalue weighted by Gasteiger charge is -2.34. The van der Waals surface area contributed by atoms with E-state index in [0.29, 0.717) is 18.4 Å². The maximum absolute atomic E-state index is 11.9. The van der Waals surface area contributed by atoms with Crippen molar-refractivity contribution in [3.05, 3.63) is 35.4 Å². The summed E-state index contributed by atoms with van der Waals surface area (Å²) in [4.78, 5) is 23.5. The van der Waals surface area contributed by atoms with Gasteiger partial charge in [0.2, 0.25) is 5.12 Å². The van der Waals surface area contributed by atoms with Crippen LogP contribution in [0.1, 0.15) is 61.9 Å². The molecule has 0 aliphatic heterocycles. The van der Waals surface area contributed by atoms with Crippen LogP contribution in [0.2, 0.25) is 0 Å². The van der Waals surface area contributed by atoms with Crippen LogP contribution in [0.4, 0.5) is 4.79 Å². The maximum atomic E-state index is 11.9. The molecule has 2 rings (SSSR count). The highest BCUT2D eigenvalue weighted by Gasteiger charge is 2.33. The minimum atomic E-state index is -0.632. The number of aliphatic hydroxyl groups excluding tert-OH is 1. The molecular formula is C18H25NO4S. The zero-order valence-corrected chi connectivity index (χ0v) is 15.2. The fourth-order valence-corrected chi connectivity index (χ4v) is 3.33. The summed E-state index contributed by atoms with van der Waals surface area (Å²) < 4.78 is 5.25. The van der Waals surface area contributed by atoms with Crippen LogP contribution in [-0.2, 0) is 4.74 Å². The van der Waals surface area contributed by atoms with Crippen LogP contribution in [0.5, 0.6) is 0 Å². The van der Waals surface area contributed by atoms with E-state index in [4.69, 9.17) is 4.74 Å². The van der Waals surface area contributed by atoms with E-state index >= 15 is 0 Å². The molecule has 1 saturated carbocycles. The molecule has 0 aromatic heterocycles. The summed E-state index contributed by atoms with van der Waals surface area (Å²) in [7, 11) is 0. The van der Waals surface area contributed by atoms with Gasteiger partial charge in [-0.3, -0.25) is 4.79 Å². The number of alkyl carbamates (subject to hydrolysis) is 1. The second-order valence-electron chi connectivity index (χ2n) is 7.22. The molecule has 1 amide bonds. The lowest BCUT2D eigenvalue weighted by Crippen LogP contribution is -2.44. The van der Waals surface area contributed by atoms with Gasteiger partial charge >= 0.3 is 6.09 Å². The smallest absolute Gasteiger partial charge is 0.407 e. The van der Waals surface area contributed by atoms with E-state index in [1.165, 1.54) is 0 Å². The first-order valence-electron chi connectivity index (χ1n) is 8.17. The molecule has 0 heterocycles. The second-order valence-corrected chi connectivity index (χ2v) is 7.63. The van der Waals surface area contributed by atoms with Crippen molar-refractivity contribution in [2.75, 3.05) is 0 Å². The Labute approximate surface area is 148 Å². The Balaban J connectivity index is 2.01. The Kier molecular flexibility index (Phi) is 5.93. The number of hydrogen-bond acceptors (Lipinski definition) is 4. The number of nitrogens with one attached hydrogen (secondary N) is 1. The molecule has 0 saturated heterocycles. The van der Waals surface area contributed by atoms with E-state index in [-0.39, 0.29) is 17.1 Å². The zero-order valence-electron chi connectivity index (χ0n) is 14.3. The highest BCUT2D eigenvalue weighted by molar-refractivity contribution is 7.97. The fourth-order valence-electron chi connectivity index (χ4n) is 3.13. The summed E-state index contributed by atoms with van der Waals surface area (Å²) in [6.07, 6.45) is 0.728. The van der Waals surface area contributed by atoms with Crippen molar-refractivity contribution in [3.63, 3.8) is 0 Å². The Morgan fingerprint density at radius 2 is 1.92 bits per heavy atom. The van der Waals surface area contributed by atoms with Crippen molar-refractivity contribution in [2.45, 2.75) is 63.7 Å². The van der Waals surface area contributed by atoms with Crippen molar-refractivity contribution in [2.24, 2.45) is 0 Å². The molecule has 1 aliphatic rings. The lowest BCUT2D eigenvalue weighted by atomic mass is 9.78. The first-order chi connectivity index (χ1) is 11.2. The molecule has 0 unspecified atom stereocenters. The summed E-state index contributed by atoms with van der Waals surface area (Å²) in [6.45, 7) is 5.43. The first kappa shape index (κ1) is 18.8. The van der Waals surface area contributed by atoms with Crippen molar-refractivity contribution < 1.29 is 19.4 Å². The molecule has 0 bridgehead atoms. The predicted molar refractivity (Wildman–Crippen MR) is 95.5 cm³/mol. The van der Waals surface area contributed by atoms with Crippen molar-refractivity contribution in [1.82, 2.24) is 5.32 Å². The van der Waals surface area contributed by atoms with Gasteiger partial charge in [-0.25, -0.2) is 4.79 Å². The number of hydrogen-bond donors (Lipinski definition) is 3. The molecule has 1 aliphatic carbocycles. The number of carbonyl (C=O) groups is 2. The van der Waals surface area contributed by atoms with Crippen molar-refractivity contribution >= 4 is 23.8 Å². The molecule has 1 aromatic rings. The Bertz CT molecular complexity index is 611. The van der Waals surface area contributed by atoms with Gasteiger partial charge in [0.25, 0.3) is 0 Å². The number of thiol groups is 1. The molecule has 6 heteroatoms. The van der Waals surface area contributed by atoms with Gasteiger partial charge in [0.15, 0.2) is 0 Å². The molecule has 3 atom stereocenters. The van der Waals surface area contributed by atoms with Crippen molar-refractivity contribution in [1.29, 1.82) is 0 Å². The number of benzene rings is 1. The maximum Gasteiger partial charge on any atom is 0.407 e. The van der Waals surface area contributed by atoms with Gasteiger partial charge in [-0.2, -0.15) is 0 Å². The standard InChI is InChI=1S/C18H25NO4S/c1-18(2,3)23-17(22)19-11-8-9-13(15(20)10-11)12-6-4-5-7-14(12)16(21)24/h4-7,11,13,15,20H,8-10H2,1-3H3,(H,19,22)(H,21,24)/t11-,13-,15-/m0/s1. The molecule has 0 spiro atoms. The second kappa shape index (κ2) is 7.57. The molecular weight excluding hydrogens is 326 g/mol. The minimum Gasteiger partial charge on any atom is -0.444 e. The molecule has 24 heavy (non-hydrogen) atoms. The summed E-state index contributed by atoms with van der Waals surface area (Å²) >= 11 is 3.91. The third kappa shape index (κ3) is 4.98.